The number of ether oxygens (including phenoxy) is 1. The Bertz CT molecular complexity index is 962. The van der Waals surface area contributed by atoms with Gasteiger partial charge in [-0.3, -0.25) is 19.5 Å². The molecule has 1 atom stereocenters. The number of nitrogens with one attached hydrogen (secondary N) is 1. The second kappa shape index (κ2) is 8.70. The number of benzene rings is 1. The molecule has 6 nitrogen and oxygen atoms in total. The minimum atomic E-state index is -0.961. The van der Waals surface area contributed by atoms with Gasteiger partial charge in [0.15, 0.2) is 0 Å². The second-order valence-corrected chi connectivity index (χ2v) is 8.29. The number of rotatable bonds is 4. The number of halogens is 2. The predicted molar refractivity (Wildman–Crippen MR) is 109 cm³/mol. The molecule has 4 rings (SSSR count). The lowest BCUT2D eigenvalue weighted by Gasteiger charge is -2.43. The maximum atomic E-state index is 14.4. The van der Waals surface area contributed by atoms with E-state index in [9.17, 15) is 18.4 Å². The highest BCUT2D eigenvalue weighted by Crippen LogP contribution is 2.43. The first-order valence-electron chi connectivity index (χ1n) is 10.5. The predicted octanol–water partition coefficient (Wildman–Crippen LogP) is 3.42. The van der Waals surface area contributed by atoms with Crippen LogP contribution in [0.1, 0.15) is 48.7 Å². The fourth-order valence-electron chi connectivity index (χ4n) is 4.37. The van der Waals surface area contributed by atoms with Crippen LogP contribution in [0.15, 0.2) is 42.6 Å². The quantitative estimate of drug-likeness (QED) is 0.809. The summed E-state index contributed by atoms with van der Waals surface area (Å²) in [5, 5.41) is 2.80. The van der Waals surface area contributed by atoms with Crippen LogP contribution < -0.4 is 5.32 Å². The van der Waals surface area contributed by atoms with E-state index in [4.69, 9.17) is 4.74 Å². The van der Waals surface area contributed by atoms with Crippen LogP contribution in [0.3, 0.4) is 0 Å². The van der Waals surface area contributed by atoms with Gasteiger partial charge in [0, 0.05) is 12.3 Å². The molecule has 2 aromatic rings. The van der Waals surface area contributed by atoms with E-state index in [2.05, 4.69) is 17.2 Å². The molecule has 1 spiro atoms. The topological polar surface area (TPSA) is 71.5 Å². The van der Waals surface area contributed by atoms with Crippen LogP contribution in [-0.2, 0) is 16.1 Å². The Morgan fingerprint density at radius 3 is 2.68 bits per heavy atom. The van der Waals surface area contributed by atoms with Gasteiger partial charge in [-0.1, -0.05) is 13.0 Å². The van der Waals surface area contributed by atoms with Crippen LogP contribution in [0.2, 0.25) is 0 Å². The van der Waals surface area contributed by atoms with E-state index in [-0.39, 0.29) is 18.7 Å². The summed E-state index contributed by atoms with van der Waals surface area (Å²) >= 11 is 0. The maximum absolute atomic E-state index is 14.4. The van der Waals surface area contributed by atoms with E-state index >= 15 is 0 Å². The number of carbonyl (C=O) groups is 2. The summed E-state index contributed by atoms with van der Waals surface area (Å²) in [4.78, 5) is 32.0. The van der Waals surface area contributed by atoms with Crippen molar-refractivity contribution in [3.63, 3.8) is 0 Å². The average molecular weight is 429 g/mol. The van der Waals surface area contributed by atoms with Crippen molar-refractivity contribution in [1.29, 1.82) is 0 Å². The van der Waals surface area contributed by atoms with E-state index in [1.165, 1.54) is 4.90 Å². The molecule has 1 aromatic heterocycles. The largest absolute Gasteiger partial charge is 0.353 e. The molecule has 1 saturated carbocycles. The van der Waals surface area contributed by atoms with Gasteiger partial charge in [-0.05, 0) is 55.9 Å². The minimum Gasteiger partial charge on any atom is -0.353 e. The number of nitrogens with zero attached hydrogens (tertiary/aromatic N) is 2. The SMILES string of the molecule is CC1CCC2(CC1)OC[C@@H](C(=O)NCc1ccccn1)N2C(=O)c1ccc(F)cc1F. The highest BCUT2D eigenvalue weighted by molar-refractivity contribution is 5.98. The molecule has 1 aliphatic carbocycles. The summed E-state index contributed by atoms with van der Waals surface area (Å²) in [6.07, 6.45) is 4.42. The summed E-state index contributed by atoms with van der Waals surface area (Å²) in [5.41, 5.74) is -0.553. The van der Waals surface area contributed by atoms with Crippen molar-refractivity contribution in [2.75, 3.05) is 6.61 Å². The molecule has 1 N–H and O–H groups in total. The third-order valence-corrected chi connectivity index (χ3v) is 6.17. The van der Waals surface area contributed by atoms with Crippen LogP contribution in [0.5, 0.6) is 0 Å². The first kappa shape index (κ1) is 21.4. The number of carbonyl (C=O) groups excluding carboxylic acids is 2. The second-order valence-electron chi connectivity index (χ2n) is 8.29. The molecule has 0 unspecified atom stereocenters. The Balaban J connectivity index is 1.61. The average Bonchev–Trinajstić information content (AvgIpc) is 3.13. The Morgan fingerprint density at radius 2 is 2.00 bits per heavy atom. The molecule has 2 heterocycles. The zero-order chi connectivity index (χ0) is 22.0. The van der Waals surface area contributed by atoms with E-state index in [0.717, 1.165) is 25.0 Å². The summed E-state index contributed by atoms with van der Waals surface area (Å²) in [5.74, 6) is -2.30. The third-order valence-electron chi connectivity index (χ3n) is 6.17. The van der Waals surface area contributed by atoms with Crippen molar-refractivity contribution in [3.8, 4) is 0 Å². The van der Waals surface area contributed by atoms with Gasteiger partial charge in [-0.2, -0.15) is 0 Å². The molecule has 8 heteroatoms. The zero-order valence-electron chi connectivity index (χ0n) is 17.3. The first-order chi connectivity index (χ1) is 14.9. The smallest absolute Gasteiger partial charge is 0.259 e. The standard InChI is InChI=1S/C23H25F2N3O3/c1-15-7-9-23(10-8-15)28(22(30)18-6-5-16(24)12-19(18)25)20(14-31-23)21(29)27-13-17-4-2-3-11-26-17/h2-6,11-12,15,20H,7-10,13-14H2,1H3,(H,27,29)/t15?,20-,23?/m0/s1. The fraction of sp³-hybridized carbons (Fsp3) is 0.435. The van der Waals surface area contributed by atoms with Gasteiger partial charge in [0.25, 0.3) is 5.91 Å². The summed E-state index contributed by atoms with van der Waals surface area (Å²) < 4.78 is 33.9. The van der Waals surface area contributed by atoms with Crippen molar-refractivity contribution in [3.05, 3.63) is 65.5 Å². The van der Waals surface area contributed by atoms with Crippen LogP contribution in [0, 0.1) is 17.6 Å². The fourth-order valence-corrected chi connectivity index (χ4v) is 4.37. The Kier molecular flexibility index (Phi) is 6.00. The molecule has 2 fully saturated rings. The van der Waals surface area contributed by atoms with Crippen LogP contribution in [-0.4, -0.2) is 40.1 Å². The van der Waals surface area contributed by atoms with E-state index in [0.29, 0.717) is 30.5 Å². The molecular formula is C23H25F2N3O3. The molecule has 2 amide bonds. The van der Waals surface area contributed by atoms with Crippen molar-refractivity contribution < 1.29 is 23.1 Å². The lowest BCUT2D eigenvalue weighted by atomic mass is 9.83. The van der Waals surface area contributed by atoms with E-state index in [1.54, 1.807) is 18.3 Å². The maximum Gasteiger partial charge on any atom is 0.259 e. The molecule has 1 saturated heterocycles. The van der Waals surface area contributed by atoms with Crippen molar-refractivity contribution in [2.45, 2.75) is 50.9 Å². The summed E-state index contributed by atoms with van der Waals surface area (Å²) in [7, 11) is 0. The number of hydrogen-bond donors (Lipinski definition) is 1. The summed E-state index contributed by atoms with van der Waals surface area (Å²) in [6.45, 7) is 2.36. The van der Waals surface area contributed by atoms with Gasteiger partial charge >= 0.3 is 0 Å². The molecule has 31 heavy (non-hydrogen) atoms. The lowest BCUT2D eigenvalue weighted by Crippen LogP contribution is -2.56. The lowest BCUT2D eigenvalue weighted by molar-refractivity contribution is -0.128. The summed E-state index contributed by atoms with van der Waals surface area (Å²) in [6, 6.07) is 7.31. The number of aromatic nitrogens is 1. The molecule has 2 aliphatic rings. The van der Waals surface area contributed by atoms with Crippen LogP contribution >= 0.6 is 0 Å². The normalized spacial score (nSPS) is 25.6. The molecular weight excluding hydrogens is 404 g/mol. The van der Waals surface area contributed by atoms with Crippen LogP contribution in [0.25, 0.3) is 0 Å². The van der Waals surface area contributed by atoms with Crippen molar-refractivity contribution in [1.82, 2.24) is 15.2 Å². The van der Waals surface area contributed by atoms with Crippen molar-refractivity contribution in [2.24, 2.45) is 5.92 Å². The molecule has 0 bridgehead atoms. The Labute approximate surface area is 179 Å². The highest BCUT2D eigenvalue weighted by Gasteiger charge is 2.53. The first-order valence-corrected chi connectivity index (χ1v) is 10.5. The van der Waals surface area contributed by atoms with Crippen molar-refractivity contribution >= 4 is 11.8 Å². The van der Waals surface area contributed by atoms with Gasteiger partial charge in [0.1, 0.15) is 23.4 Å². The highest BCUT2D eigenvalue weighted by atomic mass is 19.1. The number of amides is 2. The molecule has 164 valence electrons. The van der Waals surface area contributed by atoms with Gasteiger partial charge in [-0.25, -0.2) is 8.78 Å². The van der Waals surface area contributed by atoms with Gasteiger partial charge in [-0.15, -0.1) is 0 Å². The van der Waals surface area contributed by atoms with E-state index < -0.39 is 35.2 Å². The number of pyridine rings is 1. The van der Waals surface area contributed by atoms with Gasteiger partial charge in [0.05, 0.1) is 24.4 Å². The van der Waals surface area contributed by atoms with Gasteiger partial charge in [0.2, 0.25) is 5.91 Å². The van der Waals surface area contributed by atoms with Gasteiger partial charge < -0.3 is 10.1 Å². The number of hydrogen-bond acceptors (Lipinski definition) is 4. The monoisotopic (exact) mass is 429 g/mol. The van der Waals surface area contributed by atoms with E-state index in [1.807, 2.05) is 6.07 Å². The zero-order valence-corrected chi connectivity index (χ0v) is 17.3. The van der Waals surface area contributed by atoms with Crippen LogP contribution in [0.4, 0.5) is 8.78 Å². The molecule has 1 aromatic carbocycles. The molecule has 1 aliphatic heterocycles. The molecule has 0 radical (unpaired) electrons. The Morgan fingerprint density at radius 1 is 1.23 bits per heavy atom. The Hall–Kier alpha value is -2.87. The minimum absolute atomic E-state index is 0.0248. The third kappa shape index (κ3) is 4.30.